The highest BCUT2D eigenvalue weighted by atomic mass is 79.9. The molecule has 0 radical (unpaired) electrons. The summed E-state index contributed by atoms with van der Waals surface area (Å²) >= 11 is 3.48. The van der Waals surface area contributed by atoms with Gasteiger partial charge in [-0.3, -0.25) is 10.4 Å². The van der Waals surface area contributed by atoms with Crippen LogP contribution in [0.5, 0.6) is 0 Å². The second kappa shape index (κ2) is 6.50. The third kappa shape index (κ3) is 3.50. The number of aliphatic imine (C=N–C) groups is 1. The summed E-state index contributed by atoms with van der Waals surface area (Å²) in [6.45, 7) is 4.85. The van der Waals surface area contributed by atoms with Gasteiger partial charge in [-0.1, -0.05) is 28.9 Å². The molecule has 0 bridgehead atoms. The van der Waals surface area contributed by atoms with Crippen LogP contribution < -0.4 is 16.6 Å². The number of guanidine groups is 1. The Hall–Kier alpha value is -1.07. The van der Waals surface area contributed by atoms with Crippen LogP contribution in [0.3, 0.4) is 0 Å². The van der Waals surface area contributed by atoms with Gasteiger partial charge in [-0.25, -0.2) is 5.84 Å². The third-order valence-corrected chi connectivity index (χ3v) is 3.01. The van der Waals surface area contributed by atoms with Crippen molar-refractivity contribution in [2.75, 3.05) is 11.9 Å². The fourth-order valence-electron chi connectivity index (χ4n) is 1.22. The fourth-order valence-corrected chi connectivity index (χ4v) is 1.58. The van der Waals surface area contributed by atoms with E-state index in [0.29, 0.717) is 5.96 Å². The van der Waals surface area contributed by atoms with Crippen molar-refractivity contribution in [3.63, 3.8) is 0 Å². The van der Waals surface area contributed by atoms with E-state index in [9.17, 15) is 0 Å². The molecule has 5 heteroatoms. The van der Waals surface area contributed by atoms with Crippen molar-refractivity contribution in [3.8, 4) is 0 Å². The Kier molecular flexibility index (Phi) is 5.28. The van der Waals surface area contributed by atoms with E-state index < -0.39 is 0 Å². The van der Waals surface area contributed by atoms with Crippen LogP contribution in [0.2, 0.25) is 0 Å². The molecule has 0 aromatic heterocycles. The first kappa shape index (κ1) is 13.0. The summed E-state index contributed by atoms with van der Waals surface area (Å²) in [5.41, 5.74) is 4.67. The SMILES string of the molecule is CCCN=C(NN)Nc1cccc(Br)c1C. The van der Waals surface area contributed by atoms with E-state index in [1.54, 1.807) is 0 Å². The number of nitrogens with zero attached hydrogens (tertiary/aromatic N) is 1. The smallest absolute Gasteiger partial charge is 0.210 e. The lowest BCUT2D eigenvalue weighted by Gasteiger charge is -2.12. The highest BCUT2D eigenvalue weighted by Crippen LogP contribution is 2.23. The van der Waals surface area contributed by atoms with Gasteiger partial charge in [0.1, 0.15) is 0 Å². The topological polar surface area (TPSA) is 62.4 Å². The molecule has 1 aromatic rings. The number of hydrazine groups is 1. The van der Waals surface area contributed by atoms with Crippen molar-refractivity contribution in [1.82, 2.24) is 5.43 Å². The van der Waals surface area contributed by atoms with Gasteiger partial charge in [0.2, 0.25) is 5.96 Å². The average molecular weight is 285 g/mol. The van der Waals surface area contributed by atoms with Crippen LogP contribution in [0.4, 0.5) is 5.69 Å². The van der Waals surface area contributed by atoms with Crippen LogP contribution in [0.1, 0.15) is 18.9 Å². The van der Waals surface area contributed by atoms with Crippen molar-refractivity contribution < 1.29 is 0 Å². The zero-order valence-electron chi connectivity index (χ0n) is 9.55. The first-order valence-electron chi connectivity index (χ1n) is 5.22. The number of anilines is 1. The maximum absolute atomic E-state index is 5.39. The Morgan fingerprint density at radius 1 is 1.50 bits per heavy atom. The molecule has 0 spiro atoms. The molecule has 0 aliphatic rings. The first-order valence-corrected chi connectivity index (χ1v) is 6.01. The number of halogens is 1. The van der Waals surface area contributed by atoms with Gasteiger partial charge in [-0.05, 0) is 31.0 Å². The highest BCUT2D eigenvalue weighted by Gasteiger charge is 2.03. The minimum absolute atomic E-state index is 0.586. The van der Waals surface area contributed by atoms with Crippen LogP contribution in [0, 0.1) is 6.92 Å². The lowest BCUT2D eigenvalue weighted by Crippen LogP contribution is -2.36. The van der Waals surface area contributed by atoms with Gasteiger partial charge in [0.15, 0.2) is 0 Å². The van der Waals surface area contributed by atoms with E-state index >= 15 is 0 Å². The van der Waals surface area contributed by atoms with E-state index in [4.69, 9.17) is 5.84 Å². The number of nitrogens with one attached hydrogen (secondary N) is 2. The van der Waals surface area contributed by atoms with E-state index in [2.05, 4.69) is 38.6 Å². The predicted molar refractivity (Wildman–Crippen MR) is 72.4 cm³/mol. The van der Waals surface area contributed by atoms with Crippen LogP contribution in [0.25, 0.3) is 0 Å². The average Bonchev–Trinajstić information content (AvgIpc) is 2.30. The summed E-state index contributed by atoms with van der Waals surface area (Å²) in [6, 6.07) is 5.95. The van der Waals surface area contributed by atoms with Gasteiger partial charge in [0.05, 0.1) is 0 Å². The first-order chi connectivity index (χ1) is 7.69. The quantitative estimate of drug-likeness (QED) is 0.346. The molecule has 0 saturated heterocycles. The van der Waals surface area contributed by atoms with Gasteiger partial charge in [-0.2, -0.15) is 0 Å². The number of hydrogen-bond donors (Lipinski definition) is 3. The van der Waals surface area contributed by atoms with Gasteiger partial charge in [0.25, 0.3) is 0 Å². The molecule has 0 aliphatic carbocycles. The normalized spacial score (nSPS) is 11.4. The summed E-state index contributed by atoms with van der Waals surface area (Å²) in [4.78, 5) is 4.28. The summed E-state index contributed by atoms with van der Waals surface area (Å²) in [7, 11) is 0. The molecule has 1 aromatic carbocycles. The molecule has 0 fully saturated rings. The van der Waals surface area contributed by atoms with E-state index in [1.165, 1.54) is 0 Å². The molecule has 0 unspecified atom stereocenters. The molecule has 4 N–H and O–H groups in total. The summed E-state index contributed by atoms with van der Waals surface area (Å²) in [5, 5.41) is 3.16. The minimum atomic E-state index is 0.586. The fraction of sp³-hybridized carbons (Fsp3) is 0.364. The third-order valence-electron chi connectivity index (χ3n) is 2.15. The maximum atomic E-state index is 5.39. The number of nitrogens with two attached hydrogens (primary N) is 1. The number of benzene rings is 1. The van der Waals surface area contributed by atoms with Crippen LogP contribution >= 0.6 is 15.9 Å². The molecule has 16 heavy (non-hydrogen) atoms. The van der Waals surface area contributed by atoms with Gasteiger partial charge in [-0.15, -0.1) is 0 Å². The maximum Gasteiger partial charge on any atom is 0.210 e. The zero-order valence-corrected chi connectivity index (χ0v) is 11.1. The largest absolute Gasteiger partial charge is 0.325 e. The Balaban J connectivity index is 2.82. The molecular formula is C11H17BrN4. The second-order valence-electron chi connectivity index (χ2n) is 3.41. The van der Waals surface area contributed by atoms with Crippen molar-refractivity contribution in [3.05, 3.63) is 28.2 Å². The Labute approximate surface area is 104 Å². The molecule has 0 amide bonds. The second-order valence-corrected chi connectivity index (χ2v) is 4.27. The minimum Gasteiger partial charge on any atom is -0.325 e. The Morgan fingerprint density at radius 2 is 2.25 bits per heavy atom. The molecule has 0 aliphatic heterocycles. The van der Waals surface area contributed by atoms with E-state index in [1.807, 2.05) is 25.1 Å². The summed E-state index contributed by atoms with van der Waals surface area (Å²) in [5.74, 6) is 5.98. The molecule has 4 nitrogen and oxygen atoms in total. The van der Waals surface area contributed by atoms with E-state index in [-0.39, 0.29) is 0 Å². The molecule has 1 rings (SSSR count). The molecule has 88 valence electrons. The van der Waals surface area contributed by atoms with Crippen molar-refractivity contribution >= 4 is 27.6 Å². The zero-order chi connectivity index (χ0) is 12.0. The van der Waals surface area contributed by atoms with E-state index in [0.717, 1.165) is 28.7 Å². The number of rotatable bonds is 3. The van der Waals surface area contributed by atoms with Crippen molar-refractivity contribution in [2.45, 2.75) is 20.3 Å². The van der Waals surface area contributed by atoms with Gasteiger partial charge >= 0.3 is 0 Å². The lowest BCUT2D eigenvalue weighted by molar-refractivity contribution is 0.905. The van der Waals surface area contributed by atoms with Crippen molar-refractivity contribution in [1.29, 1.82) is 0 Å². The lowest BCUT2D eigenvalue weighted by atomic mass is 10.2. The Bertz CT molecular complexity index is 376. The summed E-state index contributed by atoms with van der Waals surface area (Å²) in [6.07, 6.45) is 0.990. The molecular weight excluding hydrogens is 268 g/mol. The standard InChI is InChI=1S/C11H17BrN4/c1-3-7-14-11(16-13)15-10-6-4-5-9(12)8(10)2/h4-6H,3,7,13H2,1-2H3,(H2,14,15,16). The van der Waals surface area contributed by atoms with Crippen LogP contribution in [-0.2, 0) is 0 Å². The van der Waals surface area contributed by atoms with Crippen LogP contribution in [-0.4, -0.2) is 12.5 Å². The van der Waals surface area contributed by atoms with Gasteiger partial charge < -0.3 is 5.32 Å². The van der Waals surface area contributed by atoms with Gasteiger partial charge in [0, 0.05) is 16.7 Å². The molecule has 0 heterocycles. The summed E-state index contributed by atoms with van der Waals surface area (Å²) < 4.78 is 1.06. The van der Waals surface area contributed by atoms with Crippen molar-refractivity contribution in [2.24, 2.45) is 10.8 Å². The van der Waals surface area contributed by atoms with Crippen LogP contribution in [0.15, 0.2) is 27.7 Å². The highest BCUT2D eigenvalue weighted by molar-refractivity contribution is 9.10. The molecule has 0 atom stereocenters. The number of hydrogen-bond acceptors (Lipinski definition) is 2. The predicted octanol–water partition coefficient (Wildman–Crippen LogP) is 2.40. The molecule has 0 saturated carbocycles. The monoisotopic (exact) mass is 284 g/mol. The Morgan fingerprint density at radius 3 is 2.88 bits per heavy atom.